The lowest BCUT2D eigenvalue weighted by Gasteiger charge is -2.31. The molecule has 2 amide bonds. The number of hydrogen-bond donors (Lipinski definition) is 1. The number of carbonyl (C=O) groups is 2. The first-order valence-corrected chi connectivity index (χ1v) is 9.53. The molecule has 0 spiro atoms. The predicted molar refractivity (Wildman–Crippen MR) is 111 cm³/mol. The van der Waals surface area contributed by atoms with Gasteiger partial charge in [0, 0.05) is 11.3 Å². The van der Waals surface area contributed by atoms with Crippen molar-refractivity contribution in [2.24, 2.45) is 0 Å². The number of anilines is 1. The number of fused-ring (bicyclic) bond motifs is 1. The van der Waals surface area contributed by atoms with E-state index >= 15 is 0 Å². The van der Waals surface area contributed by atoms with E-state index in [1.165, 1.54) is 17.0 Å². The topological polar surface area (TPSA) is 49.4 Å². The number of rotatable bonds is 2. The number of nitrogens with zero attached hydrogens (tertiary/aromatic N) is 1. The summed E-state index contributed by atoms with van der Waals surface area (Å²) in [4.78, 5) is 27.5. The first-order valence-electron chi connectivity index (χ1n) is 9.15. The second kappa shape index (κ2) is 7.68. The van der Waals surface area contributed by atoms with Crippen molar-refractivity contribution in [3.8, 4) is 0 Å². The van der Waals surface area contributed by atoms with E-state index in [0.29, 0.717) is 21.8 Å². The fourth-order valence-electron chi connectivity index (χ4n) is 3.61. The van der Waals surface area contributed by atoms with E-state index in [2.05, 4.69) is 5.32 Å². The quantitative estimate of drug-likeness (QED) is 0.650. The third kappa shape index (κ3) is 3.74. The van der Waals surface area contributed by atoms with Gasteiger partial charge < -0.3 is 10.2 Å². The van der Waals surface area contributed by atoms with E-state index in [4.69, 9.17) is 11.6 Å². The van der Waals surface area contributed by atoms with Crippen LogP contribution in [0.1, 0.15) is 33.1 Å². The molecule has 1 aliphatic heterocycles. The molecule has 0 unspecified atom stereocenters. The van der Waals surface area contributed by atoms with Gasteiger partial charge in [0.05, 0.1) is 16.6 Å². The van der Waals surface area contributed by atoms with Crippen LogP contribution in [0.4, 0.5) is 10.1 Å². The minimum atomic E-state index is -0.576. The number of hydrogen-bond acceptors (Lipinski definition) is 2. The Balaban J connectivity index is 1.91. The molecule has 0 bridgehead atoms. The normalized spacial score (nSPS) is 16.0. The second-order valence-electron chi connectivity index (χ2n) is 7.01. The zero-order chi connectivity index (χ0) is 20.5. The Kier molecular flexibility index (Phi) is 5.07. The molecule has 146 valence electrons. The standard InChI is InChI=1S/C23H18ClFN2O2/c1-14-6-11-20-18(12-14)22(15-7-9-16(25)10-8-15)27(13-21(28)26-20)23(29)17-4-2-3-5-19(17)24/h2-12,22H,13H2,1H3,(H,26,28)/t22-/m0/s1. The molecule has 1 atom stereocenters. The van der Waals surface area contributed by atoms with Gasteiger partial charge >= 0.3 is 0 Å². The Morgan fingerprint density at radius 3 is 2.55 bits per heavy atom. The van der Waals surface area contributed by atoms with Crippen LogP contribution in [0.25, 0.3) is 0 Å². The average Bonchev–Trinajstić information content (AvgIpc) is 2.84. The molecule has 0 aliphatic carbocycles. The lowest BCUT2D eigenvalue weighted by atomic mass is 9.94. The van der Waals surface area contributed by atoms with Crippen LogP contribution in [0, 0.1) is 12.7 Å². The number of amides is 2. The molecule has 0 fully saturated rings. The highest BCUT2D eigenvalue weighted by molar-refractivity contribution is 6.33. The maximum absolute atomic E-state index is 13.6. The smallest absolute Gasteiger partial charge is 0.256 e. The van der Waals surface area contributed by atoms with Gasteiger partial charge in [0.25, 0.3) is 5.91 Å². The molecule has 4 nitrogen and oxygen atoms in total. The average molecular weight is 409 g/mol. The van der Waals surface area contributed by atoms with Gasteiger partial charge in [-0.15, -0.1) is 0 Å². The molecule has 3 aromatic carbocycles. The predicted octanol–water partition coefficient (Wildman–Crippen LogP) is 4.97. The Hall–Kier alpha value is -3.18. The van der Waals surface area contributed by atoms with E-state index < -0.39 is 6.04 Å². The van der Waals surface area contributed by atoms with Crippen molar-refractivity contribution in [2.45, 2.75) is 13.0 Å². The molecule has 6 heteroatoms. The van der Waals surface area contributed by atoms with Crippen LogP contribution in [0.15, 0.2) is 66.7 Å². The molecule has 3 aromatic rings. The van der Waals surface area contributed by atoms with Crippen LogP contribution < -0.4 is 5.32 Å². The van der Waals surface area contributed by atoms with Crippen molar-refractivity contribution in [3.63, 3.8) is 0 Å². The lowest BCUT2D eigenvalue weighted by Crippen LogP contribution is -2.39. The largest absolute Gasteiger partial charge is 0.324 e. The Labute approximate surface area is 172 Å². The first-order chi connectivity index (χ1) is 13.9. The maximum Gasteiger partial charge on any atom is 0.256 e. The fraction of sp³-hybridized carbons (Fsp3) is 0.130. The summed E-state index contributed by atoms with van der Waals surface area (Å²) >= 11 is 6.26. The lowest BCUT2D eigenvalue weighted by molar-refractivity contribution is -0.117. The van der Waals surface area contributed by atoms with Crippen LogP contribution in [-0.2, 0) is 4.79 Å². The highest BCUT2D eigenvalue weighted by atomic mass is 35.5. The highest BCUT2D eigenvalue weighted by Crippen LogP contribution is 2.37. The van der Waals surface area contributed by atoms with Crippen molar-refractivity contribution in [1.29, 1.82) is 0 Å². The van der Waals surface area contributed by atoms with E-state index in [0.717, 1.165) is 11.1 Å². The number of carbonyl (C=O) groups excluding carboxylic acids is 2. The number of nitrogens with one attached hydrogen (secondary N) is 1. The minimum absolute atomic E-state index is 0.153. The first kappa shape index (κ1) is 19.2. The van der Waals surface area contributed by atoms with Crippen molar-refractivity contribution in [1.82, 2.24) is 4.90 Å². The SMILES string of the molecule is Cc1ccc2c(c1)[C@H](c1ccc(F)cc1)N(C(=O)c1ccccc1Cl)CC(=O)N2. The summed E-state index contributed by atoms with van der Waals surface area (Å²) in [5.74, 6) is -1.04. The van der Waals surface area contributed by atoms with E-state index in [1.54, 1.807) is 36.4 Å². The molecule has 29 heavy (non-hydrogen) atoms. The summed E-state index contributed by atoms with van der Waals surface area (Å²) in [6, 6.07) is 17.8. The van der Waals surface area contributed by atoms with Gasteiger partial charge in [-0.05, 0) is 42.8 Å². The van der Waals surface area contributed by atoms with E-state index in [9.17, 15) is 14.0 Å². The van der Waals surface area contributed by atoms with Crippen LogP contribution in [-0.4, -0.2) is 23.3 Å². The molecule has 0 saturated heterocycles. The van der Waals surface area contributed by atoms with Crippen LogP contribution in [0.3, 0.4) is 0 Å². The van der Waals surface area contributed by atoms with Gasteiger partial charge in [0.15, 0.2) is 0 Å². The molecule has 0 aromatic heterocycles. The molecule has 1 heterocycles. The minimum Gasteiger partial charge on any atom is -0.324 e. The molecule has 0 saturated carbocycles. The van der Waals surface area contributed by atoms with Crippen LogP contribution in [0.5, 0.6) is 0 Å². The number of benzene rings is 3. The van der Waals surface area contributed by atoms with Gasteiger partial charge in [0.1, 0.15) is 12.4 Å². The van der Waals surface area contributed by atoms with Crippen LogP contribution >= 0.6 is 11.6 Å². The van der Waals surface area contributed by atoms with Crippen molar-refractivity contribution >= 4 is 29.1 Å². The zero-order valence-electron chi connectivity index (χ0n) is 15.7. The summed E-state index contributed by atoms with van der Waals surface area (Å²) in [6.45, 7) is 1.79. The number of halogens is 2. The van der Waals surface area contributed by atoms with Gasteiger partial charge in [-0.25, -0.2) is 4.39 Å². The van der Waals surface area contributed by atoms with Gasteiger partial charge in [-0.1, -0.05) is 53.6 Å². The third-order valence-electron chi connectivity index (χ3n) is 4.95. The summed E-state index contributed by atoms with van der Waals surface area (Å²) in [5.41, 5.74) is 3.39. The van der Waals surface area contributed by atoms with Gasteiger partial charge in [0.2, 0.25) is 5.91 Å². The number of aryl methyl sites for hydroxylation is 1. The van der Waals surface area contributed by atoms with E-state index in [1.807, 2.05) is 25.1 Å². The molecule has 1 aliphatic rings. The molecule has 4 rings (SSSR count). The Bertz CT molecular complexity index is 1100. The zero-order valence-corrected chi connectivity index (χ0v) is 16.4. The Morgan fingerprint density at radius 1 is 1.10 bits per heavy atom. The van der Waals surface area contributed by atoms with Gasteiger partial charge in [-0.3, -0.25) is 9.59 Å². The maximum atomic E-state index is 13.6. The van der Waals surface area contributed by atoms with E-state index in [-0.39, 0.29) is 24.2 Å². The fourth-order valence-corrected chi connectivity index (χ4v) is 3.83. The monoisotopic (exact) mass is 408 g/mol. The second-order valence-corrected chi connectivity index (χ2v) is 7.41. The third-order valence-corrected chi connectivity index (χ3v) is 5.28. The summed E-state index contributed by atoms with van der Waals surface area (Å²) in [6.07, 6.45) is 0. The highest BCUT2D eigenvalue weighted by Gasteiger charge is 2.34. The van der Waals surface area contributed by atoms with Crippen LogP contribution in [0.2, 0.25) is 5.02 Å². The summed E-state index contributed by atoms with van der Waals surface area (Å²) in [7, 11) is 0. The Morgan fingerprint density at radius 2 is 1.83 bits per heavy atom. The molecular formula is C23H18ClFN2O2. The molecular weight excluding hydrogens is 391 g/mol. The molecule has 1 N–H and O–H groups in total. The van der Waals surface area contributed by atoms with Crippen molar-refractivity contribution in [3.05, 3.63) is 99.8 Å². The van der Waals surface area contributed by atoms with Crippen molar-refractivity contribution in [2.75, 3.05) is 11.9 Å². The van der Waals surface area contributed by atoms with Gasteiger partial charge in [-0.2, -0.15) is 0 Å². The molecule has 0 radical (unpaired) electrons. The summed E-state index contributed by atoms with van der Waals surface area (Å²) < 4.78 is 13.6. The summed E-state index contributed by atoms with van der Waals surface area (Å²) in [5, 5.41) is 3.18. The van der Waals surface area contributed by atoms with Crippen molar-refractivity contribution < 1.29 is 14.0 Å².